The van der Waals surface area contributed by atoms with E-state index >= 15 is 0 Å². The largest absolute Gasteiger partial charge is 0.335 e. The molecule has 0 bridgehead atoms. The zero-order chi connectivity index (χ0) is 15.9. The number of nitrogens with one attached hydrogen (secondary N) is 2. The van der Waals surface area contributed by atoms with E-state index in [0.717, 1.165) is 27.7 Å². The van der Waals surface area contributed by atoms with Crippen LogP contribution in [0, 0.1) is 0 Å². The highest BCUT2D eigenvalue weighted by Crippen LogP contribution is 2.28. The fourth-order valence-corrected chi connectivity index (χ4v) is 2.75. The lowest BCUT2D eigenvalue weighted by Gasteiger charge is -2.00. The Morgan fingerprint density at radius 1 is 0.875 bits per heavy atom. The molecule has 5 aromatic rings. The van der Waals surface area contributed by atoms with Gasteiger partial charge in [0.1, 0.15) is 5.69 Å². The maximum Gasteiger partial charge on any atom is 0.181 e. The number of fused-ring (bicyclic) bond motifs is 2. The van der Waals surface area contributed by atoms with Crippen LogP contribution in [0.4, 0.5) is 0 Å². The Bertz CT molecular complexity index is 1120. The van der Waals surface area contributed by atoms with Gasteiger partial charge in [-0.3, -0.25) is 10.1 Å². The first-order valence-electron chi connectivity index (χ1n) is 7.44. The summed E-state index contributed by atoms with van der Waals surface area (Å²) in [7, 11) is 0. The summed E-state index contributed by atoms with van der Waals surface area (Å²) in [5.74, 6) is 0.694. The number of hydrogen-bond donors (Lipinski definition) is 2. The number of aromatic nitrogens is 7. The Kier molecular flexibility index (Phi) is 2.66. The first-order valence-corrected chi connectivity index (χ1v) is 7.44. The molecule has 24 heavy (non-hydrogen) atoms. The van der Waals surface area contributed by atoms with E-state index in [1.54, 1.807) is 18.6 Å². The van der Waals surface area contributed by atoms with Gasteiger partial charge in [0.05, 0.1) is 10.9 Å². The second-order valence-electron chi connectivity index (χ2n) is 5.39. The van der Waals surface area contributed by atoms with Crippen LogP contribution in [0.1, 0.15) is 0 Å². The van der Waals surface area contributed by atoms with E-state index in [1.165, 1.54) is 0 Å². The molecule has 0 aliphatic rings. The van der Waals surface area contributed by atoms with Crippen molar-refractivity contribution in [2.45, 2.75) is 0 Å². The lowest BCUT2D eigenvalue weighted by atomic mass is 10.1. The molecule has 0 fully saturated rings. The molecule has 2 N–H and O–H groups in total. The first kappa shape index (κ1) is 12.9. The Morgan fingerprint density at radius 3 is 2.67 bits per heavy atom. The lowest BCUT2D eigenvalue weighted by Crippen LogP contribution is -1.84. The monoisotopic (exact) mass is 313 g/mol. The van der Waals surface area contributed by atoms with Gasteiger partial charge in [-0.2, -0.15) is 5.10 Å². The minimum absolute atomic E-state index is 0.649. The molecule has 0 aromatic carbocycles. The van der Waals surface area contributed by atoms with Gasteiger partial charge in [0.25, 0.3) is 0 Å². The molecule has 0 saturated heterocycles. The van der Waals surface area contributed by atoms with Crippen LogP contribution in [0.2, 0.25) is 0 Å². The predicted octanol–water partition coefficient (Wildman–Crippen LogP) is 2.96. The van der Waals surface area contributed by atoms with Gasteiger partial charge in [-0.1, -0.05) is 0 Å². The molecule has 114 valence electrons. The summed E-state index contributed by atoms with van der Waals surface area (Å²) in [5.41, 5.74) is 5.06. The van der Waals surface area contributed by atoms with E-state index in [1.807, 2.05) is 30.5 Å². The average Bonchev–Trinajstić information content (AvgIpc) is 3.25. The van der Waals surface area contributed by atoms with Crippen LogP contribution in [0.5, 0.6) is 0 Å². The Morgan fingerprint density at radius 2 is 1.79 bits per heavy atom. The summed E-state index contributed by atoms with van der Waals surface area (Å²) >= 11 is 0. The van der Waals surface area contributed by atoms with Crippen LogP contribution in [0.3, 0.4) is 0 Å². The fourth-order valence-electron chi connectivity index (χ4n) is 2.75. The highest BCUT2D eigenvalue weighted by Gasteiger charge is 2.14. The van der Waals surface area contributed by atoms with Gasteiger partial charge in [0.2, 0.25) is 0 Å². The maximum absolute atomic E-state index is 4.53. The van der Waals surface area contributed by atoms with Crippen LogP contribution in [0.15, 0.2) is 55.1 Å². The van der Waals surface area contributed by atoms with Gasteiger partial charge in [-0.25, -0.2) is 15.0 Å². The third-order valence-corrected chi connectivity index (χ3v) is 3.92. The second kappa shape index (κ2) is 4.95. The van der Waals surface area contributed by atoms with Gasteiger partial charge in [0, 0.05) is 30.4 Å². The van der Waals surface area contributed by atoms with Crippen molar-refractivity contribution < 1.29 is 0 Å². The molecule has 0 saturated carbocycles. The number of rotatable bonds is 2. The van der Waals surface area contributed by atoms with Crippen LogP contribution >= 0.6 is 0 Å². The van der Waals surface area contributed by atoms with Crippen molar-refractivity contribution in [1.29, 1.82) is 0 Å². The molecule has 5 rings (SSSR count). The minimum atomic E-state index is 0.649. The molecule has 0 amide bonds. The Balaban J connectivity index is 1.71. The number of H-pyrrole nitrogens is 2. The predicted molar refractivity (Wildman–Crippen MR) is 90.0 cm³/mol. The first-order chi connectivity index (χ1) is 11.9. The second-order valence-corrected chi connectivity index (χ2v) is 5.39. The third-order valence-electron chi connectivity index (χ3n) is 3.92. The molecule has 0 unspecified atom stereocenters. The normalized spacial score (nSPS) is 11.3. The number of aromatic amines is 2. The molecular weight excluding hydrogens is 302 g/mol. The molecule has 5 aromatic heterocycles. The zero-order valence-electron chi connectivity index (χ0n) is 12.4. The maximum atomic E-state index is 4.53. The van der Waals surface area contributed by atoms with E-state index < -0.39 is 0 Å². The molecule has 0 spiro atoms. The van der Waals surface area contributed by atoms with E-state index in [2.05, 4.69) is 41.2 Å². The number of hydrogen-bond acceptors (Lipinski definition) is 5. The molecule has 7 nitrogen and oxygen atoms in total. The van der Waals surface area contributed by atoms with Gasteiger partial charge in [-0.05, 0) is 35.9 Å². The summed E-state index contributed by atoms with van der Waals surface area (Å²) in [4.78, 5) is 20.5. The van der Waals surface area contributed by atoms with Crippen molar-refractivity contribution in [2.24, 2.45) is 0 Å². The molecule has 0 aliphatic carbocycles. The molecule has 0 atom stereocenters. The van der Waals surface area contributed by atoms with Crippen LogP contribution in [-0.4, -0.2) is 35.1 Å². The van der Waals surface area contributed by atoms with Crippen molar-refractivity contribution in [2.75, 3.05) is 0 Å². The lowest BCUT2D eigenvalue weighted by molar-refractivity contribution is 1.09. The summed E-state index contributed by atoms with van der Waals surface area (Å²) in [6, 6.07) is 9.77. The van der Waals surface area contributed by atoms with Crippen molar-refractivity contribution in [3.63, 3.8) is 0 Å². The molecule has 0 aliphatic heterocycles. The highest BCUT2D eigenvalue weighted by atomic mass is 15.2. The van der Waals surface area contributed by atoms with Crippen molar-refractivity contribution >= 4 is 22.2 Å². The van der Waals surface area contributed by atoms with E-state index in [9.17, 15) is 0 Å². The summed E-state index contributed by atoms with van der Waals surface area (Å²) in [5, 5.41) is 8.20. The fraction of sp³-hybridized carbons (Fsp3) is 0. The zero-order valence-corrected chi connectivity index (χ0v) is 12.4. The smallest absolute Gasteiger partial charge is 0.181 e. The van der Waals surface area contributed by atoms with Gasteiger partial charge in [-0.15, -0.1) is 0 Å². The topological polar surface area (TPSA) is 96.0 Å². The highest BCUT2D eigenvalue weighted by molar-refractivity contribution is 5.93. The van der Waals surface area contributed by atoms with Crippen molar-refractivity contribution in [1.82, 2.24) is 35.1 Å². The van der Waals surface area contributed by atoms with Gasteiger partial charge >= 0.3 is 0 Å². The van der Waals surface area contributed by atoms with Crippen LogP contribution in [-0.2, 0) is 0 Å². The standard InChI is InChI=1S/C17H11N7/c1-2-13-16(19-5-1)22-17(21-13)14-12-8-11(9-20-15(12)24-23-14)10-3-6-18-7-4-10/h1-9H,(H,19,21,22)(H,20,23,24). The van der Waals surface area contributed by atoms with Crippen LogP contribution in [0.25, 0.3) is 44.8 Å². The Labute approximate surface area is 135 Å². The van der Waals surface area contributed by atoms with Crippen molar-refractivity contribution in [3.8, 4) is 22.6 Å². The quantitative estimate of drug-likeness (QED) is 0.522. The van der Waals surface area contributed by atoms with Crippen molar-refractivity contribution in [3.05, 3.63) is 55.1 Å². The van der Waals surface area contributed by atoms with Gasteiger partial charge in [0.15, 0.2) is 17.1 Å². The molecular formula is C17H11N7. The number of nitrogens with zero attached hydrogens (tertiary/aromatic N) is 5. The molecule has 7 heteroatoms. The number of imidazole rings is 1. The Hall–Kier alpha value is -3.61. The summed E-state index contributed by atoms with van der Waals surface area (Å²) in [6.07, 6.45) is 7.06. The van der Waals surface area contributed by atoms with E-state index in [-0.39, 0.29) is 0 Å². The summed E-state index contributed by atoms with van der Waals surface area (Å²) < 4.78 is 0. The third kappa shape index (κ3) is 1.95. The number of pyridine rings is 3. The molecule has 5 heterocycles. The average molecular weight is 313 g/mol. The van der Waals surface area contributed by atoms with E-state index in [4.69, 9.17) is 0 Å². The minimum Gasteiger partial charge on any atom is -0.335 e. The SMILES string of the molecule is c1cnc2nc(-c3[nH]nc4ncc(-c5ccncc5)cc34)[nH]c2c1. The van der Waals surface area contributed by atoms with Crippen LogP contribution < -0.4 is 0 Å². The van der Waals surface area contributed by atoms with Gasteiger partial charge < -0.3 is 4.98 Å². The molecule has 0 radical (unpaired) electrons. The van der Waals surface area contributed by atoms with E-state index in [0.29, 0.717) is 17.1 Å². The summed E-state index contributed by atoms with van der Waals surface area (Å²) in [6.45, 7) is 0.